The zero-order valence-corrected chi connectivity index (χ0v) is 22.8. The van der Waals surface area contributed by atoms with Crippen LogP contribution >= 0.6 is 11.3 Å². The summed E-state index contributed by atoms with van der Waals surface area (Å²) >= 11 is 1.21. The van der Waals surface area contributed by atoms with Crippen LogP contribution < -0.4 is 16.0 Å². The van der Waals surface area contributed by atoms with Crippen molar-refractivity contribution in [3.8, 4) is 0 Å². The van der Waals surface area contributed by atoms with Crippen molar-refractivity contribution in [2.75, 3.05) is 34.0 Å². The van der Waals surface area contributed by atoms with Crippen molar-refractivity contribution >= 4 is 34.8 Å². The summed E-state index contributed by atoms with van der Waals surface area (Å²) in [6.07, 6.45) is 1.88. The quantitative estimate of drug-likeness (QED) is 0.278. The molecule has 12 heteroatoms. The van der Waals surface area contributed by atoms with Gasteiger partial charge in [0, 0.05) is 20.8 Å². The van der Waals surface area contributed by atoms with Crippen LogP contribution in [0.1, 0.15) is 33.6 Å². The Hall–Kier alpha value is -3.19. The highest BCUT2D eigenvalue weighted by atomic mass is 32.1. The van der Waals surface area contributed by atoms with Gasteiger partial charge in [0.2, 0.25) is 11.8 Å². The lowest BCUT2D eigenvalue weighted by Crippen LogP contribution is -2.58. The van der Waals surface area contributed by atoms with Gasteiger partial charge in [-0.3, -0.25) is 19.2 Å². The normalized spacial score (nSPS) is 18.6. The number of thiazole rings is 1. The summed E-state index contributed by atoms with van der Waals surface area (Å²) in [4.78, 5) is 56.7. The van der Waals surface area contributed by atoms with Crippen molar-refractivity contribution in [1.29, 1.82) is 0 Å². The molecule has 38 heavy (non-hydrogen) atoms. The number of rotatable bonds is 15. The molecule has 1 aliphatic rings. The molecule has 1 saturated heterocycles. The average molecular weight is 547 g/mol. The molecule has 3 N–H and O–H groups in total. The van der Waals surface area contributed by atoms with Crippen LogP contribution in [0, 0.1) is 6.92 Å². The lowest BCUT2D eigenvalue weighted by Gasteiger charge is -2.25. The number of carbonyl (C=O) groups is 4. The fourth-order valence-electron chi connectivity index (χ4n) is 3.77. The predicted molar refractivity (Wildman–Crippen MR) is 140 cm³/mol. The number of nitrogens with zero attached hydrogens (tertiary/aromatic N) is 1. The molecule has 0 aliphatic carbocycles. The van der Waals surface area contributed by atoms with Crippen LogP contribution in [-0.2, 0) is 35.0 Å². The van der Waals surface area contributed by atoms with E-state index in [0.29, 0.717) is 4.88 Å². The Morgan fingerprint density at radius 2 is 1.68 bits per heavy atom. The van der Waals surface area contributed by atoms with Gasteiger partial charge in [-0.2, -0.15) is 0 Å². The number of carbonyl (C=O) groups excluding carboxylic acids is 4. The van der Waals surface area contributed by atoms with E-state index in [1.54, 1.807) is 13.8 Å². The maximum absolute atomic E-state index is 13.3. The van der Waals surface area contributed by atoms with Gasteiger partial charge in [-0.1, -0.05) is 30.3 Å². The van der Waals surface area contributed by atoms with E-state index in [9.17, 15) is 19.2 Å². The highest BCUT2D eigenvalue weighted by Gasteiger charge is 2.50. The molecule has 0 saturated carbocycles. The number of hydrogen-bond donors (Lipinski definition) is 3. The van der Waals surface area contributed by atoms with Crippen LogP contribution in [0.5, 0.6) is 0 Å². The predicted octanol–water partition coefficient (Wildman–Crippen LogP) is 0.803. The van der Waals surface area contributed by atoms with Gasteiger partial charge in [0.05, 0.1) is 30.5 Å². The van der Waals surface area contributed by atoms with Gasteiger partial charge in [0.25, 0.3) is 5.91 Å². The van der Waals surface area contributed by atoms with E-state index in [4.69, 9.17) is 14.2 Å². The van der Waals surface area contributed by atoms with Gasteiger partial charge in [0.15, 0.2) is 5.78 Å². The van der Waals surface area contributed by atoms with Crippen molar-refractivity contribution in [2.45, 2.75) is 50.4 Å². The number of hydrogen-bond acceptors (Lipinski definition) is 9. The topological polar surface area (TPSA) is 148 Å². The number of epoxide rings is 1. The molecule has 2 heterocycles. The van der Waals surface area contributed by atoms with Gasteiger partial charge < -0.3 is 30.2 Å². The fraction of sp³-hybridized carbons (Fsp3) is 0.500. The van der Waals surface area contributed by atoms with Crippen LogP contribution in [0.3, 0.4) is 0 Å². The molecule has 1 fully saturated rings. The fourth-order valence-corrected chi connectivity index (χ4v) is 4.45. The molecule has 1 aromatic heterocycles. The smallest absolute Gasteiger partial charge is 0.263 e. The first-order chi connectivity index (χ1) is 18.2. The molecule has 3 rings (SSSR count). The van der Waals surface area contributed by atoms with E-state index < -0.39 is 41.4 Å². The summed E-state index contributed by atoms with van der Waals surface area (Å²) in [5.41, 5.74) is -0.0829. The average Bonchev–Trinajstić information content (AvgIpc) is 3.51. The molecular weight excluding hydrogens is 512 g/mol. The first-order valence-electron chi connectivity index (χ1n) is 12.2. The minimum absolute atomic E-state index is 0.142. The van der Waals surface area contributed by atoms with Gasteiger partial charge in [-0.05, 0) is 32.3 Å². The van der Waals surface area contributed by atoms with Gasteiger partial charge in [0.1, 0.15) is 22.6 Å². The van der Waals surface area contributed by atoms with E-state index in [-0.39, 0.29) is 38.4 Å². The van der Waals surface area contributed by atoms with Gasteiger partial charge >= 0.3 is 0 Å². The Morgan fingerprint density at radius 1 is 1.03 bits per heavy atom. The second-order valence-corrected chi connectivity index (χ2v) is 10.4. The Kier molecular flexibility index (Phi) is 10.5. The molecule has 3 amide bonds. The van der Waals surface area contributed by atoms with Crippen molar-refractivity contribution in [1.82, 2.24) is 20.9 Å². The largest absolute Gasteiger partial charge is 0.385 e. The Labute approximate surface area is 225 Å². The van der Waals surface area contributed by atoms with E-state index in [2.05, 4.69) is 20.9 Å². The number of benzene rings is 1. The van der Waals surface area contributed by atoms with Gasteiger partial charge in [-0.25, -0.2) is 4.98 Å². The number of aromatic nitrogens is 1. The van der Waals surface area contributed by atoms with E-state index >= 15 is 0 Å². The summed E-state index contributed by atoms with van der Waals surface area (Å²) in [6.45, 7) is 3.80. The Morgan fingerprint density at radius 3 is 2.26 bits per heavy atom. The first-order valence-corrected chi connectivity index (χ1v) is 13.0. The summed E-state index contributed by atoms with van der Waals surface area (Å²) in [5.74, 6) is -1.88. The van der Waals surface area contributed by atoms with E-state index in [1.165, 1.54) is 31.8 Å². The zero-order valence-electron chi connectivity index (χ0n) is 21.9. The summed E-state index contributed by atoms with van der Waals surface area (Å²) in [6, 6.07) is 6.34. The highest BCUT2D eigenvalue weighted by molar-refractivity contribution is 7.13. The summed E-state index contributed by atoms with van der Waals surface area (Å²) in [7, 11) is 2.88. The Balaban J connectivity index is 1.71. The van der Waals surface area contributed by atoms with E-state index in [0.717, 1.165) is 10.6 Å². The molecule has 206 valence electrons. The molecule has 0 bridgehead atoms. The molecule has 2 aromatic rings. The third-order valence-electron chi connectivity index (χ3n) is 6.06. The third-order valence-corrected chi connectivity index (χ3v) is 6.97. The maximum atomic E-state index is 13.3. The molecule has 1 unspecified atom stereocenters. The molecule has 1 aromatic carbocycles. The minimum Gasteiger partial charge on any atom is -0.385 e. The lowest BCUT2D eigenvalue weighted by atomic mass is 9.94. The molecular formula is C26H34N4O7S. The molecule has 0 spiro atoms. The SMILES string of the molecule is COCC[C@H](NC(=O)c1cnc(C)s1)C(=O)N[C@H](COC)C(=O)NC(Cc1ccccc1)C(=O)[C@@]1(C)CO1. The van der Waals surface area contributed by atoms with Crippen molar-refractivity contribution < 1.29 is 33.4 Å². The number of amides is 3. The van der Waals surface area contributed by atoms with Crippen LogP contribution in [0.4, 0.5) is 0 Å². The number of ether oxygens (including phenoxy) is 3. The molecule has 4 atom stereocenters. The Bertz CT molecular complexity index is 1120. The standard InChI is InChI=1S/C26H34N4O7S/c1-16-27-13-21(38-16)25(34)28-18(10-11-35-3)23(32)30-20(14-36-4)24(33)29-19(22(31)26(2)15-37-26)12-17-8-6-5-7-9-17/h5-9,13,18-20H,10-12,14-15H2,1-4H3,(H,28,34)(H,29,33)(H,30,32)/t18-,19?,20+,26+/m0/s1. The van der Waals surface area contributed by atoms with Crippen LogP contribution in [0.15, 0.2) is 36.5 Å². The second-order valence-electron chi connectivity index (χ2n) is 9.20. The highest BCUT2D eigenvalue weighted by Crippen LogP contribution is 2.29. The third kappa shape index (κ3) is 8.15. The van der Waals surface area contributed by atoms with Crippen LogP contribution in [0.25, 0.3) is 0 Å². The minimum atomic E-state index is -1.11. The van der Waals surface area contributed by atoms with Crippen molar-refractivity contribution in [2.24, 2.45) is 0 Å². The van der Waals surface area contributed by atoms with Crippen molar-refractivity contribution in [3.05, 3.63) is 52.0 Å². The van der Waals surface area contributed by atoms with Crippen LogP contribution in [0.2, 0.25) is 0 Å². The summed E-state index contributed by atoms with van der Waals surface area (Å²) in [5, 5.41) is 8.82. The molecule has 0 radical (unpaired) electrons. The monoisotopic (exact) mass is 546 g/mol. The first kappa shape index (κ1) is 29.4. The van der Waals surface area contributed by atoms with Crippen LogP contribution in [-0.4, -0.2) is 86.3 Å². The van der Waals surface area contributed by atoms with Gasteiger partial charge in [-0.15, -0.1) is 11.3 Å². The molecule has 11 nitrogen and oxygen atoms in total. The number of ketones is 1. The lowest BCUT2D eigenvalue weighted by molar-refractivity contribution is -0.134. The summed E-state index contributed by atoms with van der Waals surface area (Å²) < 4.78 is 15.6. The molecule has 1 aliphatic heterocycles. The number of aryl methyl sites for hydroxylation is 1. The number of Topliss-reactive ketones (excluding diaryl/α,β-unsaturated/α-hetero) is 1. The van der Waals surface area contributed by atoms with E-state index in [1.807, 2.05) is 30.3 Å². The van der Waals surface area contributed by atoms with Crippen molar-refractivity contribution in [3.63, 3.8) is 0 Å². The maximum Gasteiger partial charge on any atom is 0.263 e. The number of nitrogens with one attached hydrogen (secondary N) is 3. The zero-order chi connectivity index (χ0) is 27.7. The number of methoxy groups -OCH3 is 2. The second kappa shape index (κ2) is 13.6.